The smallest absolute Gasteiger partial charge is 0.337 e. The van der Waals surface area contributed by atoms with Crippen molar-refractivity contribution in [2.45, 2.75) is 13.8 Å². The molecule has 0 fully saturated rings. The van der Waals surface area contributed by atoms with Gasteiger partial charge >= 0.3 is 5.97 Å². The molecule has 2 rings (SSSR count). The van der Waals surface area contributed by atoms with Crippen molar-refractivity contribution in [2.24, 2.45) is 0 Å². The molecule has 0 atom stereocenters. The Kier molecular flexibility index (Phi) is 3.47. The summed E-state index contributed by atoms with van der Waals surface area (Å²) in [4.78, 5) is 26.2. The van der Waals surface area contributed by atoms with Gasteiger partial charge in [-0.25, -0.2) is 14.5 Å². The molecule has 0 aliphatic rings. The lowest BCUT2D eigenvalue weighted by molar-refractivity contribution is -0.384. The first kappa shape index (κ1) is 13.7. The van der Waals surface area contributed by atoms with Crippen molar-refractivity contribution >= 4 is 11.7 Å². The summed E-state index contributed by atoms with van der Waals surface area (Å²) in [5.74, 6) is 0.406. The molecule has 1 aromatic heterocycles. The van der Waals surface area contributed by atoms with Crippen LogP contribution < -0.4 is 0 Å². The number of nitro groups is 1. The van der Waals surface area contributed by atoms with Gasteiger partial charge in [0.05, 0.1) is 17.6 Å². The molecule has 8 nitrogen and oxygen atoms in total. The second kappa shape index (κ2) is 5.08. The molecule has 1 heterocycles. The molecule has 0 saturated heterocycles. The third-order valence-electron chi connectivity index (χ3n) is 2.70. The largest absolute Gasteiger partial charge is 0.465 e. The van der Waals surface area contributed by atoms with Crippen molar-refractivity contribution in [1.82, 2.24) is 14.8 Å². The maximum atomic E-state index is 11.5. The molecular formula is C12H12N4O4. The highest BCUT2D eigenvalue weighted by atomic mass is 16.6. The second-order valence-corrected chi connectivity index (χ2v) is 4.07. The van der Waals surface area contributed by atoms with E-state index in [0.717, 1.165) is 0 Å². The van der Waals surface area contributed by atoms with Crippen LogP contribution in [0.15, 0.2) is 18.2 Å². The van der Waals surface area contributed by atoms with Crippen LogP contribution in [0.25, 0.3) is 5.69 Å². The third-order valence-corrected chi connectivity index (χ3v) is 2.70. The van der Waals surface area contributed by atoms with Crippen LogP contribution >= 0.6 is 0 Å². The quantitative estimate of drug-likeness (QED) is 0.479. The predicted molar refractivity (Wildman–Crippen MR) is 68.8 cm³/mol. The number of aromatic nitrogens is 3. The van der Waals surface area contributed by atoms with Crippen molar-refractivity contribution in [1.29, 1.82) is 0 Å². The highest BCUT2D eigenvalue weighted by Crippen LogP contribution is 2.25. The summed E-state index contributed by atoms with van der Waals surface area (Å²) in [6.07, 6.45) is 0. The van der Waals surface area contributed by atoms with Crippen molar-refractivity contribution < 1.29 is 14.5 Å². The third kappa shape index (κ3) is 2.35. The summed E-state index contributed by atoms with van der Waals surface area (Å²) in [5.41, 5.74) is 0.224. The summed E-state index contributed by atoms with van der Waals surface area (Å²) < 4.78 is 5.94. The first-order valence-corrected chi connectivity index (χ1v) is 5.71. The van der Waals surface area contributed by atoms with E-state index in [2.05, 4.69) is 14.8 Å². The van der Waals surface area contributed by atoms with Crippen molar-refractivity contribution in [3.05, 3.63) is 45.5 Å². The first-order chi connectivity index (χ1) is 9.43. The number of hydrogen-bond donors (Lipinski definition) is 0. The average Bonchev–Trinajstić information content (AvgIpc) is 2.75. The molecule has 0 N–H and O–H groups in total. The molecule has 0 amide bonds. The Morgan fingerprint density at radius 1 is 1.40 bits per heavy atom. The zero-order valence-electron chi connectivity index (χ0n) is 11.2. The molecule has 0 aliphatic carbocycles. The molecule has 0 aliphatic heterocycles. The number of methoxy groups -OCH3 is 1. The zero-order valence-corrected chi connectivity index (χ0v) is 11.2. The standard InChI is InChI=1S/C12H12N4O4/c1-7-13-8(2)15(14-7)11-6-9(12(17)20-3)4-5-10(11)16(18)19/h4-6H,1-3H3. The van der Waals surface area contributed by atoms with Crippen molar-refractivity contribution in [3.63, 3.8) is 0 Å². The SMILES string of the molecule is COC(=O)c1ccc([N+](=O)[O-])c(-n2nc(C)nc2C)c1. The minimum atomic E-state index is -0.573. The van der Waals surface area contributed by atoms with Gasteiger partial charge in [0.25, 0.3) is 5.69 Å². The Balaban J connectivity index is 2.67. The highest BCUT2D eigenvalue weighted by Gasteiger charge is 2.21. The van der Waals surface area contributed by atoms with Crippen molar-refractivity contribution in [3.8, 4) is 5.69 Å². The van der Waals surface area contributed by atoms with Gasteiger partial charge in [-0.3, -0.25) is 10.1 Å². The summed E-state index contributed by atoms with van der Waals surface area (Å²) in [6, 6.07) is 3.95. The lowest BCUT2D eigenvalue weighted by Gasteiger charge is -2.06. The van der Waals surface area contributed by atoms with Crippen LogP contribution in [0, 0.1) is 24.0 Å². The van der Waals surface area contributed by atoms with Crippen LogP contribution in [0.4, 0.5) is 5.69 Å². The van der Waals surface area contributed by atoms with E-state index in [9.17, 15) is 14.9 Å². The lowest BCUT2D eigenvalue weighted by atomic mass is 10.1. The van der Waals surface area contributed by atoms with Crippen LogP contribution in [0.5, 0.6) is 0 Å². The number of benzene rings is 1. The highest BCUT2D eigenvalue weighted by molar-refractivity contribution is 5.90. The topological polar surface area (TPSA) is 100 Å². The van der Waals surface area contributed by atoms with E-state index < -0.39 is 10.9 Å². The molecule has 0 unspecified atom stereocenters. The van der Waals surface area contributed by atoms with Gasteiger partial charge < -0.3 is 4.74 Å². The molecule has 104 valence electrons. The summed E-state index contributed by atoms with van der Waals surface area (Å²) in [7, 11) is 1.24. The van der Waals surface area contributed by atoms with Gasteiger partial charge in [-0.15, -0.1) is 0 Å². The number of nitro benzene ring substituents is 1. The van der Waals surface area contributed by atoms with Gasteiger partial charge in [0.1, 0.15) is 17.3 Å². The molecule has 0 spiro atoms. The Bertz CT molecular complexity index is 693. The zero-order chi connectivity index (χ0) is 14.9. The number of esters is 1. The fraction of sp³-hybridized carbons (Fsp3) is 0.250. The number of nitrogens with zero attached hydrogens (tertiary/aromatic N) is 4. The molecule has 20 heavy (non-hydrogen) atoms. The Hall–Kier alpha value is -2.77. The van der Waals surface area contributed by atoms with Gasteiger partial charge in [0.2, 0.25) is 0 Å². The van der Waals surface area contributed by atoms with Crippen LogP contribution in [0.2, 0.25) is 0 Å². The number of hydrogen-bond acceptors (Lipinski definition) is 6. The summed E-state index contributed by atoms with van der Waals surface area (Å²) >= 11 is 0. The fourth-order valence-corrected chi connectivity index (χ4v) is 1.84. The van der Waals surface area contributed by atoms with Gasteiger partial charge in [0, 0.05) is 6.07 Å². The maximum absolute atomic E-state index is 11.5. The molecule has 1 aromatic carbocycles. The molecule has 2 aromatic rings. The van der Waals surface area contributed by atoms with Crippen LogP contribution in [0.1, 0.15) is 22.0 Å². The molecule has 0 saturated carbocycles. The van der Waals surface area contributed by atoms with Gasteiger partial charge in [-0.2, -0.15) is 5.10 Å². The molecule has 8 heteroatoms. The van der Waals surface area contributed by atoms with Crippen LogP contribution in [0.3, 0.4) is 0 Å². The number of carbonyl (C=O) groups is 1. The second-order valence-electron chi connectivity index (χ2n) is 4.07. The van der Waals surface area contributed by atoms with E-state index in [0.29, 0.717) is 11.6 Å². The summed E-state index contributed by atoms with van der Waals surface area (Å²) in [6.45, 7) is 3.36. The van der Waals surface area contributed by atoms with Gasteiger partial charge in [0.15, 0.2) is 0 Å². The van der Waals surface area contributed by atoms with E-state index in [-0.39, 0.29) is 16.9 Å². The van der Waals surface area contributed by atoms with Gasteiger partial charge in [-0.05, 0) is 26.0 Å². The van der Waals surface area contributed by atoms with E-state index in [1.807, 2.05) is 0 Å². The monoisotopic (exact) mass is 276 g/mol. The van der Waals surface area contributed by atoms with Gasteiger partial charge in [-0.1, -0.05) is 0 Å². The minimum absolute atomic E-state index is 0.161. The predicted octanol–water partition coefficient (Wildman–Crippen LogP) is 1.58. The Labute approximate surface area is 114 Å². The van der Waals surface area contributed by atoms with E-state index in [1.165, 1.54) is 30.0 Å². The van der Waals surface area contributed by atoms with Crippen LogP contribution in [-0.4, -0.2) is 32.8 Å². The van der Waals surface area contributed by atoms with Crippen LogP contribution in [-0.2, 0) is 4.74 Å². The van der Waals surface area contributed by atoms with E-state index >= 15 is 0 Å². The minimum Gasteiger partial charge on any atom is -0.465 e. The normalized spacial score (nSPS) is 10.3. The first-order valence-electron chi connectivity index (χ1n) is 5.71. The lowest BCUT2D eigenvalue weighted by Crippen LogP contribution is -2.07. The van der Waals surface area contributed by atoms with E-state index in [4.69, 9.17) is 0 Å². The molecule has 0 bridgehead atoms. The Morgan fingerprint density at radius 3 is 2.60 bits per heavy atom. The molecule has 0 radical (unpaired) electrons. The summed E-state index contributed by atoms with van der Waals surface area (Å²) in [5, 5.41) is 15.2. The van der Waals surface area contributed by atoms with Crippen molar-refractivity contribution in [2.75, 3.05) is 7.11 Å². The fourth-order valence-electron chi connectivity index (χ4n) is 1.84. The average molecular weight is 276 g/mol. The Morgan fingerprint density at radius 2 is 2.10 bits per heavy atom. The number of carbonyl (C=O) groups excluding carboxylic acids is 1. The number of ether oxygens (including phenoxy) is 1. The molecular weight excluding hydrogens is 264 g/mol. The number of rotatable bonds is 3. The number of aryl methyl sites for hydroxylation is 2. The maximum Gasteiger partial charge on any atom is 0.337 e. The van der Waals surface area contributed by atoms with E-state index in [1.54, 1.807) is 13.8 Å².